The van der Waals surface area contributed by atoms with Crippen LogP contribution in [-0.4, -0.2) is 37.1 Å². The summed E-state index contributed by atoms with van der Waals surface area (Å²) in [7, 11) is 1.56. The number of hydrogen-bond donors (Lipinski definition) is 1. The molecule has 0 aliphatic carbocycles. The van der Waals surface area contributed by atoms with Gasteiger partial charge in [-0.15, -0.1) is 0 Å². The van der Waals surface area contributed by atoms with Gasteiger partial charge < -0.3 is 9.47 Å². The third-order valence-electron chi connectivity index (χ3n) is 4.40. The molecule has 0 saturated heterocycles. The molecule has 6 heteroatoms. The maximum absolute atomic E-state index is 12.8. The zero-order valence-electron chi connectivity index (χ0n) is 14.8. The van der Waals surface area contributed by atoms with Crippen molar-refractivity contribution in [1.29, 1.82) is 0 Å². The Labute approximate surface area is 156 Å². The van der Waals surface area contributed by atoms with E-state index in [9.17, 15) is 9.59 Å². The van der Waals surface area contributed by atoms with Crippen molar-refractivity contribution in [3.05, 3.63) is 71.8 Å². The third kappa shape index (κ3) is 3.05. The molecule has 0 aromatic heterocycles. The lowest BCUT2D eigenvalue weighted by molar-refractivity contribution is 0.0546. The first-order valence-corrected chi connectivity index (χ1v) is 8.60. The molecule has 0 fully saturated rings. The van der Waals surface area contributed by atoms with E-state index in [-0.39, 0.29) is 5.91 Å². The first kappa shape index (κ1) is 17.2. The number of nitrogens with one attached hydrogen (secondary N) is 1. The second-order valence-corrected chi connectivity index (χ2v) is 6.10. The van der Waals surface area contributed by atoms with Crippen LogP contribution in [0.25, 0.3) is 10.8 Å². The number of hydrogen-bond acceptors (Lipinski definition) is 5. The Balaban J connectivity index is 1.79. The van der Waals surface area contributed by atoms with Crippen molar-refractivity contribution in [2.24, 2.45) is 0 Å². The van der Waals surface area contributed by atoms with Gasteiger partial charge in [-0.1, -0.05) is 42.5 Å². The molecule has 1 heterocycles. The van der Waals surface area contributed by atoms with E-state index in [1.807, 2.05) is 54.6 Å². The predicted octanol–water partition coefficient (Wildman–Crippen LogP) is 3.38. The Morgan fingerprint density at radius 1 is 0.926 bits per heavy atom. The largest absolute Gasteiger partial charge is 0.457 e. The van der Waals surface area contributed by atoms with Crippen molar-refractivity contribution in [2.45, 2.75) is 0 Å². The molecule has 136 valence electrons. The zero-order chi connectivity index (χ0) is 18.8. The van der Waals surface area contributed by atoms with Crippen molar-refractivity contribution in [3.8, 4) is 11.5 Å². The van der Waals surface area contributed by atoms with Crippen LogP contribution in [0.2, 0.25) is 0 Å². The van der Waals surface area contributed by atoms with Gasteiger partial charge in [0.2, 0.25) is 0 Å². The van der Waals surface area contributed by atoms with E-state index in [1.165, 1.54) is 0 Å². The van der Waals surface area contributed by atoms with Crippen molar-refractivity contribution >= 4 is 22.6 Å². The number of carbonyl (C=O) groups excluding carboxylic acids is 2. The summed E-state index contributed by atoms with van der Waals surface area (Å²) in [6.45, 7) is 0.740. The van der Waals surface area contributed by atoms with Crippen LogP contribution >= 0.6 is 0 Å². The van der Waals surface area contributed by atoms with Crippen LogP contribution in [0, 0.1) is 0 Å². The number of amides is 2. The normalized spacial score (nSPS) is 13.3. The Morgan fingerprint density at radius 3 is 2.37 bits per heavy atom. The highest BCUT2D eigenvalue weighted by Gasteiger charge is 2.38. The molecule has 1 aliphatic heterocycles. The Morgan fingerprint density at radius 2 is 1.63 bits per heavy atom. The fourth-order valence-corrected chi connectivity index (χ4v) is 3.17. The molecule has 27 heavy (non-hydrogen) atoms. The van der Waals surface area contributed by atoms with E-state index >= 15 is 0 Å². The smallest absolute Gasteiger partial charge is 0.276 e. The van der Waals surface area contributed by atoms with Gasteiger partial charge in [-0.2, -0.15) is 0 Å². The maximum atomic E-state index is 12.8. The highest BCUT2D eigenvalue weighted by molar-refractivity contribution is 6.27. The van der Waals surface area contributed by atoms with Crippen LogP contribution in [0.1, 0.15) is 20.7 Å². The monoisotopic (exact) mass is 362 g/mol. The lowest BCUT2D eigenvalue weighted by Gasteiger charge is -2.14. The number of carbonyl (C=O) groups is 2. The van der Waals surface area contributed by atoms with Crippen LogP contribution < -0.4 is 10.2 Å². The zero-order valence-corrected chi connectivity index (χ0v) is 14.8. The Bertz CT molecular complexity index is 1020. The van der Waals surface area contributed by atoms with E-state index in [0.717, 1.165) is 10.4 Å². The number of benzene rings is 3. The van der Waals surface area contributed by atoms with Gasteiger partial charge in [-0.05, 0) is 23.6 Å². The van der Waals surface area contributed by atoms with Crippen LogP contribution in [0.3, 0.4) is 0 Å². The molecule has 0 radical (unpaired) electrons. The summed E-state index contributed by atoms with van der Waals surface area (Å²) in [4.78, 5) is 25.6. The standard InChI is InChI=1S/C21H18N2O4/c1-26-12-11-22-23-20(24)17-13-18(27-14-7-3-2-4-8-14)15-9-5-6-10-16(15)19(17)21(23)25/h2-10,13,22H,11-12H2,1H3. The first-order chi connectivity index (χ1) is 13.2. The van der Waals surface area contributed by atoms with E-state index in [2.05, 4.69) is 5.43 Å². The minimum atomic E-state index is -0.394. The molecule has 2 amide bonds. The van der Waals surface area contributed by atoms with Crippen molar-refractivity contribution < 1.29 is 19.1 Å². The minimum Gasteiger partial charge on any atom is -0.457 e. The number of methoxy groups -OCH3 is 1. The summed E-state index contributed by atoms with van der Waals surface area (Å²) < 4.78 is 11.0. The summed E-state index contributed by atoms with van der Waals surface area (Å²) in [5.41, 5.74) is 3.55. The number of nitrogens with zero attached hydrogens (tertiary/aromatic N) is 1. The summed E-state index contributed by atoms with van der Waals surface area (Å²) in [5.74, 6) is 0.438. The predicted molar refractivity (Wildman–Crippen MR) is 101 cm³/mol. The van der Waals surface area contributed by atoms with Crippen molar-refractivity contribution in [1.82, 2.24) is 10.4 Å². The van der Waals surface area contributed by atoms with E-state index in [0.29, 0.717) is 41.2 Å². The summed E-state index contributed by atoms with van der Waals surface area (Å²) in [5, 5.41) is 2.51. The number of fused-ring (bicyclic) bond motifs is 3. The molecular formula is C21H18N2O4. The number of ether oxygens (including phenoxy) is 2. The molecular weight excluding hydrogens is 344 g/mol. The molecule has 3 aromatic carbocycles. The van der Waals surface area contributed by atoms with Gasteiger partial charge in [-0.3, -0.25) is 9.59 Å². The van der Waals surface area contributed by atoms with Gasteiger partial charge in [0.15, 0.2) is 0 Å². The van der Waals surface area contributed by atoms with E-state index in [4.69, 9.17) is 9.47 Å². The SMILES string of the molecule is COCCNN1C(=O)c2cc(Oc3ccccc3)c3ccccc3c2C1=O. The molecule has 3 aromatic rings. The third-order valence-corrected chi connectivity index (χ3v) is 4.40. The number of hydrazine groups is 1. The number of para-hydroxylation sites is 1. The fraction of sp³-hybridized carbons (Fsp3) is 0.143. The average molecular weight is 362 g/mol. The Hall–Kier alpha value is -3.22. The fourth-order valence-electron chi connectivity index (χ4n) is 3.17. The van der Waals surface area contributed by atoms with Gasteiger partial charge in [0, 0.05) is 19.0 Å². The van der Waals surface area contributed by atoms with Gasteiger partial charge in [0.25, 0.3) is 11.8 Å². The minimum absolute atomic E-state index is 0.328. The second-order valence-electron chi connectivity index (χ2n) is 6.10. The highest BCUT2D eigenvalue weighted by Crippen LogP contribution is 2.37. The van der Waals surface area contributed by atoms with Crippen LogP contribution in [0.4, 0.5) is 0 Å². The number of imide groups is 1. The van der Waals surface area contributed by atoms with Crippen molar-refractivity contribution in [2.75, 3.05) is 20.3 Å². The van der Waals surface area contributed by atoms with Gasteiger partial charge in [0.1, 0.15) is 11.5 Å². The van der Waals surface area contributed by atoms with E-state index < -0.39 is 5.91 Å². The lowest BCUT2D eigenvalue weighted by atomic mass is 9.99. The molecule has 1 aliphatic rings. The van der Waals surface area contributed by atoms with E-state index in [1.54, 1.807) is 13.2 Å². The van der Waals surface area contributed by atoms with Crippen LogP contribution in [0.15, 0.2) is 60.7 Å². The molecule has 0 saturated carbocycles. The lowest BCUT2D eigenvalue weighted by Crippen LogP contribution is -2.43. The van der Waals surface area contributed by atoms with Gasteiger partial charge in [-0.25, -0.2) is 10.4 Å². The Kier molecular flexibility index (Phi) is 4.58. The second kappa shape index (κ2) is 7.19. The highest BCUT2D eigenvalue weighted by atomic mass is 16.5. The molecule has 0 bridgehead atoms. The van der Waals surface area contributed by atoms with Gasteiger partial charge >= 0.3 is 0 Å². The van der Waals surface area contributed by atoms with Crippen LogP contribution in [0.5, 0.6) is 11.5 Å². The summed E-state index contributed by atoms with van der Waals surface area (Å²) in [6, 6.07) is 18.4. The molecule has 1 N–H and O–H groups in total. The summed E-state index contributed by atoms with van der Waals surface area (Å²) in [6.07, 6.45) is 0. The maximum Gasteiger partial charge on any atom is 0.276 e. The molecule has 0 spiro atoms. The first-order valence-electron chi connectivity index (χ1n) is 8.60. The average Bonchev–Trinajstić information content (AvgIpc) is 2.94. The summed E-state index contributed by atoms with van der Waals surface area (Å²) >= 11 is 0. The topological polar surface area (TPSA) is 67.9 Å². The molecule has 0 atom stereocenters. The molecule has 0 unspecified atom stereocenters. The van der Waals surface area contributed by atoms with Gasteiger partial charge in [0.05, 0.1) is 17.7 Å². The molecule has 6 nitrogen and oxygen atoms in total. The van der Waals surface area contributed by atoms with Crippen LogP contribution in [-0.2, 0) is 4.74 Å². The van der Waals surface area contributed by atoms with Crippen molar-refractivity contribution in [3.63, 3.8) is 0 Å². The number of rotatable bonds is 6. The quantitative estimate of drug-likeness (QED) is 0.538. The molecule has 4 rings (SSSR count).